The van der Waals surface area contributed by atoms with Gasteiger partial charge in [0.25, 0.3) is 0 Å². The summed E-state index contributed by atoms with van der Waals surface area (Å²) in [5, 5.41) is 1.03. The van der Waals surface area contributed by atoms with Gasteiger partial charge in [-0.2, -0.15) is 0 Å². The number of benzene rings is 1. The zero-order valence-electron chi connectivity index (χ0n) is 13.5. The average molecular weight is 455 g/mol. The lowest BCUT2D eigenvalue weighted by Crippen LogP contribution is -2.34. The highest BCUT2D eigenvalue weighted by Gasteiger charge is 2.34. The zero-order valence-corrected chi connectivity index (χ0v) is 17.5. The molecular formula is C16H22BrCl2N3OS. The minimum absolute atomic E-state index is 0. The number of nitrogens with zero attached hydrogens (tertiary/aromatic N) is 2. The number of amides is 1. The molecule has 134 valence electrons. The van der Waals surface area contributed by atoms with Crippen molar-refractivity contribution < 1.29 is 4.79 Å². The minimum atomic E-state index is 0. The number of rotatable bonds is 4. The highest BCUT2D eigenvalue weighted by molar-refractivity contribution is 9.10. The summed E-state index contributed by atoms with van der Waals surface area (Å²) in [5.74, 6) is 0.220. The lowest BCUT2D eigenvalue weighted by atomic mass is 9.90. The van der Waals surface area contributed by atoms with Gasteiger partial charge in [-0.1, -0.05) is 22.9 Å². The highest BCUT2D eigenvalue weighted by Crippen LogP contribution is 2.29. The summed E-state index contributed by atoms with van der Waals surface area (Å²) in [6.07, 6.45) is 2.25. The lowest BCUT2D eigenvalue weighted by molar-refractivity contribution is -0.130. The second kappa shape index (κ2) is 8.81. The van der Waals surface area contributed by atoms with Gasteiger partial charge in [-0.25, -0.2) is 4.98 Å². The number of fused-ring (bicyclic) bond motifs is 1. The van der Waals surface area contributed by atoms with Crippen molar-refractivity contribution in [3.63, 3.8) is 0 Å². The number of likely N-dealkylation sites (tertiary alicyclic amines) is 1. The van der Waals surface area contributed by atoms with Crippen molar-refractivity contribution in [1.82, 2.24) is 9.88 Å². The van der Waals surface area contributed by atoms with Crippen molar-refractivity contribution in [2.45, 2.75) is 26.2 Å². The van der Waals surface area contributed by atoms with E-state index in [4.69, 9.17) is 5.73 Å². The maximum Gasteiger partial charge on any atom is 0.223 e. The molecule has 1 aliphatic heterocycles. The molecule has 2 heterocycles. The summed E-state index contributed by atoms with van der Waals surface area (Å²) >= 11 is 5.13. The van der Waals surface area contributed by atoms with E-state index in [1.54, 1.807) is 11.3 Å². The van der Waals surface area contributed by atoms with Crippen LogP contribution in [0.3, 0.4) is 0 Å². The first-order chi connectivity index (χ1) is 10.5. The Hall–Kier alpha value is -0.400. The molecule has 2 N–H and O–H groups in total. The molecule has 0 saturated carbocycles. The fourth-order valence-corrected chi connectivity index (χ4v) is 4.13. The second-order valence-corrected chi connectivity index (χ2v) is 8.33. The van der Waals surface area contributed by atoms with Crippen molar-refractivity contribution in [1.29, 1.82) is 0 Å². The Morgan fingerprint density at radius 3 is 2.88 bits per heavy atom. The maximum atomic E-state index is 12.3. The monoisotopic (exact) mass is 453 g/mol. The van der Waals surface area contributed by atoms with Gasteiger partial charge in [-0.05, 0) is 36.6 Å². The first-order valence-corrected chi connectivity index (χ1v) is 9.13. The van der Waals surface area contributed by atoms with Crippen LogP contribution < -0.4 is 5.73 Å². The standard InChI is InChI=1S/C16H20BrN3OS.2ClH/c1-16(9-18)6-7-20(10-16)15(21)5-4-14-19-12-8-11(17)2-3-13(12)22-14;;/h2-3,8H,4-7,9-10,18H2,1H3;2*1H. The molecule has 1 unspecified atom stereocenters. The first-order valence-electron chi connectivity index (χ1n) is 7.52. The smallest absolute Gasteiger partial charge is 0.223 e. The molecule has 4 nitrogen and oxygen atoms in total. The topological polar surface area (TPSA) is 59.2 Å². The molecule has 1 aliphatic rings. The number of carbonyl (C=O) groups is 1. The van der Waals surface area contributed by atoms with Crippen molar-refractivity contribution in [3.8, 4) is 0 Å². The Bertz CT molecular complexity index is 712. The molecule has 1 aromatic carbocycles. The SMILES string of the molecule is CC1(CN)CCN(C(=O)CCc2nc3cc(Br)ccc3s2)C1.Cl.Cl. The van der Waals surface area contributed by atoms with E-state index >= 15 is 0 Å². The third-order valence-electron chi connectivity index (χ3n) is 4.35. The van der Waals surface area contributed by atoms with Crippen LogP contribution in [-0.2, 0) is 11.2 Å². The van der Waals surface area contributed by atoms with Gasteiger partial charge in [0.05, 0.1) is 15.2 Å². The molecule has 24 heavy (non-hydrogen) atoms. The molecule has 8 heteroatoms. The molecule has 1 saturated heterocycles. The minimum Gasteiger partial charge on any atom is -0.342 e. The second-order valence-electron chi connectivity index (χ2n) is 6.30. The van der Waals surface area contributed by atoms with Gasteiger partial charge in [-0.15, -0.1) is 36.2 Å². The molecule has 0 bridgehead atoms. The molecule has 1 fully saturated rings. The van der Waals surface area contributed by atoms with E-state index in [-0.39, 0.29) is 36.1 Å². The molecular weight excluding hydrogens is 433 g/mol. The van der Waals surface area contributed by atoms with Crippen molar-refractivity contribution in [3.05, 3.63) is 27.7 Å². The predicted molar refractivity (Wildman–Crippen MR) is 108 cm³/mol. The number of hydrogen-bond acceptors (Lipinski definition) is 4. The normalized spacial score (nSPS) is 19.9. The van der Waals surface area contributed by atoms with Crippen molar-refractivity contribution in [2.75, 3.05) is 19.6 Å². The molecule has 1 atom stereocenters. The fourth-order valence-electron chi connectivity index (χ4n) is 2.83. The molecule has 2 aromatic rings. The number of carbonyl (C=O) groups excluding carboxylic acids is 1. The maximum absolute atomic E-state index is 12.3. The number of thiazole rings is 1. The molecule has 0 aliphatic carbocycles. The van der Waals surface area contributed by atoms with E-state index in [1.807, 2.05) is 17.0 Å². The Morgan fingerprint density at radius 1 is 1.46 bits per heavy atom. The Kier molecular flexibility index (Phi) is 7.94. The van der Waals surface area contributed by atoms with E-state index < -0.39 is 0 Å². The third-order valence-corrected chi connectivity index (χ3v) is 5.94. The molecule has 1 aromatic heterocycles. The van der Waals surface area contributed by atoms with Crippen LogP contribution in [0.1, 0.15) is 24.8 Å². The first kappa shape index (κ1) is 21.6. The number of halogens is 3. The van der Waals surface area contributed by atoms with Gasteiger partial charge in [0.1, 0.15) is 0 Å². The van der Waals surface area contributed by atoms with Crippen LogP contribution >= 0.6 is 52.1 Å². The number of aromatic nitrogens is 1. The summed E-state index contributed by atoms with van der Waals surface area (Å²) in [4.78, 5) is 18.9. The van der Waals surface area contributed by atoms with Crippen molar-refractivity contribution >= 4 is 68.2 Å². The van der Waals surface area contributed by atoms with E-state index in [1.165, 1.54) is 4.70 Å². The van der Waals surface area contributed by atoms with Gasteiger partial charge in [-0.3, -0.25) is 4.79 Å². The van der Waals surface area contributed by atoms with Gasteiger partial charge < -0.3 is 10.6 Å². The van der Waals surface area contributed by atoms with Crippen LogP contribution in [-0.4, -0.2) is 35.4 Å². The Morgan fingerprint density at radius 2 is 2.21 bits per heavy atom. The van der Waals surface area contributed by atoms with Gasteiger partial charge in [0.15, 0.2) is 0 Å². The van der Waals surface area contributed by atoms with Crippen LogP contribution in [0.4, 0.5) is 0 Å². The summed E-state index contributed by atoms with van der Waals surface area (Å²) < 4.78 is 2.20. The molecule has 0 radical (unpaired) electrons. The zero-order chi connectivity index (χ0) is 15.7. The van der Waals surface area contributed by atoms with E-state index in [9.17, 15) is 4.79 Å². The van der Waals surface area contributed by atoms with Gasteiger partial charge >= 0.3 is 0 Å². The summed E-state index contributed by atoms with van der Waals surface area (Å²) in [5.41, 5.74) is 6.89. The van der Waals surface area contributed by atoms with Gasteiger partial charge in [0.2, 0.25) is 5.91 Å². The van der Waals surface area contributed by atoms with Crippen molar-refractivity contribution in [2.24, 2.45) is 11.1 Å². The number of aryl methyl sites for hydroxylation is 1. The van der Waals surface area contributed by atoms with E-state index in [0.717, 1.165) is 34.5 Å². The van der Waals surface area contributed by atoms with Crippen LogP contribution in [0.15, 0.2) is 22.7 Å². The van der Waals surface area contributed by atoms with Crippen LogP contribution in [0.5, 0.6) is 0 Å². The van der Waals surface area contributed by atoms with Crippen LogP contribution in [0.25, 0.3) is 10.2 Å². The highest BCUT2D eigenvalue weighted by atomic mass is 79.9. The van der Waals surface area contributed by atoms with Crippen LogP contribution in [0, 0.1) is 5.41 Å². The Balaban J connectivity index is 0.00000144. The summed E-state index contributed by atoms with van der Waals surface area (Å²) in [6.45, 7) is 4.42. The summed E-state index contributed by atoms with van der Waals surface area (Å²) in [6, 6.07) is 6.10. The molecule has 3 rings (SSSR count). The number of nitrogens with two attached hydrogens (primary N) is 1. The lowest BCUT2D eigenvalue weighted by Gasteiger charge is -2.22. The van der Waals surface area contributed by atoms with Gasteiger partial charge in [0, 0.05) is 30.4 Å². The van der Waals surface area contributed by atoms with E-state index in [0.29, 0.717) is 19.4 Å². The summed E-state index contributed by atoms with van der Waals surface area (Å²) in [7, 11) is 0. The predicted octanol–water partition coefficient (Wildman–Crippen LogP) is 4.03. The molecule has 0 spiro atoms. The third kappa shape index (κ3) is 4.82. The molecule has 1 amide bonds. The quantitative estimate of drug-likeness (QED) is 0.758. The fraction of sp³-hybridized carbons (Fsp3) is 0.500. The average Bonchev–Trinajstić information content (AvgIpc) is 3.08. The van der Waals surface area contributed by atoms with Crippen LogP contribution in [0.2, 0.25) is 0 Å². The number of hydrogen-bond donors (Lipinski definition) is 1. The van der Waals surface area contributed by atoms with E-state index in [2.05, 4.69) is 33.9 Å². The largest absolute Gasteiger partial charge is 0.342 e. The Labute approximate surface area is 167 Å².